The van der Waals surface area contributed by atoms with Gasteiger partial charge < -0.3 is 13.6 Å². The second-order valence-corrected chi connectivity index (χ2v) is 14.9. The van der Waals surface area contributed by atoms with Crippen molar-refractivity contribution in [3.8, 4) is 44.8 Å². The van der Waals surface area contributed by atoms with Gasteiger partial charge in [-0.05, 0) is 106 Å². The van der Waals surface area contributed by atoms with Gasteiger partial charge in [0.15, 0.2) is 0 Å². The molecule has 12 rings (SSSR count). The largest absolute Gasteiger partial charge is 0.456 e. The van der Waals surface area contributed by atoms with Crippen LogP contribution in [0.5, 0.6) is 0 Å². The predicted octanol–water partition coefficient (Wildman–Crippen LogP) is 14.8. The summed E-state index contributed by atoms with van der Waals surface area (Å²) in [4.78, 5) is 0. The molecule has 0 radical (unpaired) electrons. The van der Waals surface area contributed by atoms with Crippen molar-refractivity contribution in [3.63, 3.8) is 0 Å². The molecule has 3 heterocycles. The quantitative estimate of drug-likeness (QED) is 0.173. The van der Waals surface area contributed by atoms with Gasteiger partial charge in [0.1, 0.15) is 11.2 Å². The van der Waals surface area contributed by atoms with Crippen molar-refractivity contribution in [1.82, 2.24) is 9.13 Å². The first-order valence-electron chi connectivity index (χ1n) is 19.5. The van der Waals surface area contributed by atoms with E-state index >= 15 is 0 Å². The maximum atomic E-state index is 6.19. The molecular weight excluding hydrogens is 693 g/mol. The molecule has 0 N–H and O–H groups in total. The molecule has 266 valence electrons. The normalized spacial score (nSPS) is 11.9. The minimum atomic E-state index is 0.902. The van der Waals surface area contributed by atoms with Crippen LogP contribution in [0.3, 0.4) is 0 Å². The lowest BCUT2D eigenvalue weighted by Gasteiger charge is -2.11. The first-order chi connectivity index (χ1) is 28.3. The van der Waals surface area contributed by atoms with Crippen LogP contribution in [0.25, 0.3) is 110 Å². The zero-order chi connectivity index (χ0) is 37.5. The highest BCUT2D eigenvalue weighted by molar-refractivity contribution is 6.17. The highest BCUT2D eigenvalue weighted by Gasteiger charge is 2.19. The molecule has 9 aromatic carbocycles. The summed E-state index contributed by atoms with van der Waals surface area (Å²) in [6.07, 6.45) is 0. The summed E-state index contributed by atoms with van der Waals surface area (Å²) in [6, 6.07) is 74.6. The molecule has 12 aromatic rings. The Kier molecular flexibility index (Phi) is 6.93. The van der Waals surface area contributed by atoms with E-state index in [1.165, 1.54) is 77.0 Å². The van der Waals surface area contributed by atoms with E-state index in [4.69, 9.17) is 4.42 Å². The van der Waals surface area contributed by atoms with Gasteiger partial charge in [0.25, 0.3) is 0 Å². The number of nitrogens with zero attached hydrogens (tertiary/aromatic N) is 2. The van der Waals surface area contributed by atoms with E-state index in [2.05, 4.69) is 203 Å². The number of para-hydroxylation sites is 2. The number of hydrogen-bond donors (Lipinski definition) is 0. The van der Waals surface area contributed by atoms with Crippen LogP contribution in [0.4, 0.5) is 0 Å². The first-order valence-corrected chi connectivity index (χ1v) is 19.5. The maximum absolute atomic E-state index is 6.19. The van der Waals surface area contributed by atoms with Crippen LogP contribution in [0.15, 0.2) is 211 Å². The molecule has 3 aromatic heterocycles. The fourth-order valence-electron chi connectivity index (χ4n) is 9.13. The molecule has 0 spiro atoms. The number of rotatable bonds is 5. The van der Waals surface area contributed by atoms with E-state index in [1.54, 1.807) is 0 Å². The van der Waals surface area contributed by atoms with Crippen molar-refractivity contribution in [2.45, 2.75) is 0 Å². The topological polar surface area (TPSA) is 23.0 Å². The summed E-state index contributed by atoms with van der Waals surface area (Å²) in [5.74, 6) is 0. The summed E-state index contributed by atoms with van der Waals surface area (Å²) < 4.78 is 11.0. The van der Waals surface area contributed by atoms with Crippen LogP contribution in [-0.4, -0.2) is 9.13 Å². The average molecular weight is 727 g/mol. The Labute approximate surface area is 328 Å². The van der Waals surface area contributed by atoms with Crippen molar-refractivity contribution < 1.29 is 4.42 Å². The van der Waals surface area contributed by atoms with Crippen LogP contribution in [-0.2, 0) is 0 Å². The van der Waals surface area contributed by atoms with Gasteiger partial charge in [0, 0.05) is 43.7 Å². The van der Waals surface area contributed by atoms with E-state index in [9.17, 15) is 0 Å². The second kappa shape index (κ2) is 12.5. The third-order valence-corrected chi connectivity index (χ3v) is 11.7. The summed E-state index contributed by atoms with van der Waals surface area (Å²) in [6.45, 7) is 0. The van der Waals surface area contributed by atoms with Crippen LogP contribution in [0.1, 0.15) is 0 Å². The number of benzene rings is 9. The van der Waals surface area contributed by atoms with Crippen molar-refractivity contribution in [2.24, 2.45) is 0 Å². The van der Waals surface area contributed by atoms with E-state index in [1.807, 2.05) is 12.1 Å². The molecule has 0 unspecified atom stereocenters. The minimum absolute atomic E-state index is 0.902. The van der Waals surface area contributed by atoms with E-state index < -0.39 is 0 Å². The summed E-state index contributed by atoms with van der Waals surface area (Å²) in [5, 5.41) is 7.20. The lowest BCUT2D eigenvalue weighted by Crippen LogP contribution is -1.94. The molecule has 0 aliphatic rings. The van der Waals surface area contributed by atoms with E-state index in [-0.39, 0.29) is 0 Å². The Hall–Kier alpha value is -7.62. The average Bonchev–Trinajstić information content (AvgIpc) is 3.94. The van der Waals surface area contributed by atoms with Crippen LogP contribution < -0.4 is 0 Å². The van der Waals surface area contributed by atoms with Crippen molar-refractivity contribution in [1.29, 1.82) is 0 Å². The predicted molar refractivity (Wildman–Crippen MR) is 239 cm³/mol. The third-order valence-electron chi connectivity index (χ3n) is 11.7. The molecule has 0 fully saturated rings. The molecule has 3 heteroatoms. The molecule has 0 aliphatic carbocycles. The Morgan fingerprint density at radius 2 is 0.842 bits per heavy atom. The van der Waals surface area contributed by atoms with Gasteiger partial charge in [-0.3, -0.25) is 0 Å². The lowest BCUT2D eigenvalue weighted by molar-refractivity contribution is 0.669. The lowest BCUT2D eigenvalue weighted by atomic mass is 9.97. The summed E-state index contributed by atoms with van der Waals surface area (Å²) in [5.41, 5.74) is 16.0. The van der Waals surface area contributed by atoms with Gasteiger partial charge in [-0.2, -0.15) is 0 Å². The van der Waals surface area contributed by atoms with E-state index in [0.717, 1.165) is 33.3 Å². The molecule has 0 saturated carbocycles. The Morgan fingerprint density at radius 3 is 1.67 bits per heavy atom. The summed E-state index contributed by atoms with van der Waals surface area (Å²) >= 11 is 0. The fraction of sp³-hybridized carbons (Fsp3) is 0. The van der Waals surface area contributed by atoms with Crippen molar-refractivity contribution >= 4 is 65.6 Å². The van der Waals surface area contributed by atoms with E-state index in [0.29, 0.717) is 0 Å². The zero-order valence-corrected chi connectivity index (χ0v) is 30.9. The van der Waals surface area contributed by atoms with Crippen LogP contribution in [0, 0.1) is 0 Å². The van der Waals surface area contributed by atoms with Crippen LogP contribution in [0.2, 0.25) is 0 Å². The molecule has 0 amide bonds. The highest BCUT2D eigenvalue weighted by atomic mass is 16.3. The Bertz CT molecular complexity index is 3510. The molecule has 0 bridgehead atoms. The number of hydrogen-bond acceptors (Lipinski definition) is 1. The molecule has 3 nitrogen and oxygen atoms in total. The Balaban J connectivity index is 1.06. The molecule has 0 aliphatic heterocycles. The minimum Gasteiger partial charge on any atom is -0.456 e. The van der Waals surface area contributed by atoms with Crippen LogP contribution >= 0.6 is 0 Å². The standard InChI is InChI=1S/C54H34N2O/c1-3-13-35(14-4-1)37-17-11-18-40(31-37)56-50-29-26-39(33-47(50)54-42(21-12-23-51(54)56)36-15-5-2-6-16-36)38-25-28-49-45(32-38)43-19-7-9-22-48(43)55(49)41-27-30-53-46(34-41)44-20-8-10-24-52(44)57-53/h1-34H. The highest BCUT2D eigenvalue weighted by Crippen LogP contribution is 2.42. The van der Waals surface area contributed by atoms with Crippen molar-refractivity contribution in [3.05, 3.63) is 206 Å². The van der Waals surface area contributed by atoms with Gasteiger partial charge in [-0.1, -0.05) is 133 Å². The van der Waals surface area contributed by atoms with Gasteiger partial charge in [0.2, 0.25) is 0 Å². The Morgan fingerprint density at radius 1 is 0.281 bits per heavy atom. The molecular formula is C54H34N2O. The number of fused-ring (bicyclic) bond motifs is 9. The maximum Gasteiger partial charge on any atom is 0.135 e. The SMILES string of the molecule is c1ccc(-c2cccc(-n3c4ccc(-c5ccc6c(c5)c5ccccc5n6-c5ccc6oc7ccccc7c6c5)cc4c4c(-c5ccccc5)cccc43)c2)cc1. The van der Waals surface area contributed by atoms with Gasteiger partial charge in [-0.25, -0.2) is 0 Å². The summed E-state index contributed by atoms with van der Waals surface area (Å²) in [7, 11) is 0. The fourth-order valence-corrected chi connectivity index (χ4v) is 9.13. The molecule has 57 heavy (non-hydrogen) atoms. The number of aromatic nitrogens is 2. The third kappa shape index (κ3) is 4.92. The van der Waals surface area contributed by atoms with Gasteiger partial charge >= 0.3 is 0 Å². The molecule has 0 saturated heterocycles. The van der Waals surface area contributed by atoms with Gasteiger partial charge in [-0.15, -0.1) is 0 Å². The molecule has 0 atom stereocenters. The smallest absolute Gasteiger partial charge is 0.135 e. The zero-order valence-electron chi connectivity index (χ0n) is 30.9. The van der Waals surface area contributed by atoms with Crippen molar-refractivity contribution in [2.75, 3.05) is 0 Å². The second-order valence-electron chi connectivity index (χ2n) is 14.9. The first kappa shape index (κ1) is 31.7. The van der Waals surface area contributed by atoms with Gasteiger partial charge in [0.05, 0.1) is 22.1 Å². The monoisotopic (exact) mass is 726 g/mol. The number of furan rings is 1.